The van der Waals surface area contributed by atoms with Crippen molar-refractivity contribution in [3.63, 3.8) is 0 Å². The number of aliphatic hydroxyl groups excluding tert-OH is 1. The molecule has 0 unspecified atom stereocenters. The van der Waals surface area contributed by atoms with Crippen LogP contribution in [0.15, 0.2) is 18.5 Å². The summed E-state index contributed by atoms with van der Waals surface area (Å²) in [5.74, 6) is 0.504. The zero-order valence-corrected chi connectivity index (χ0v) is 7.75. The molecule has 0 aliphatic heterocycles. The van der Waals surface area contributed by atoms with Crippen LogP contribution in [0.25, 0.3) is 0 Å². The van der Waals surface area contributed by atoms with Crippen LogP contribution in [0.3, 0.4) is 0 Å². The van der Waals surface area contributed by atoms with E-state index in [0.29, 0.717) is 11.3 Å². The van der Waals surface area contributed by atoms with E-state index < -0.39 is 0 Å². The zero-order valence-electron chi connectivity index (χ0n) is 6.93. The molecule has 0 bridgehead atoms. The van der Waals surface area contributed by atoms with Crippen molar-refractivity contribution in [1.29, 1.82) is 0 Å². The molecule has 5 heteroatoms. The van der Waals surface area contributed by atoms with Gasteiger partial charge in [-0.05, 0) is 6.07 Å². The molecule has 0 aliphatic carbocycles. The number of hydrogen-bond acceptors (Lipinski definition) is 4. The Hall–Kier alpha value is -1.20. The second-order valence-corrected chi connectivity index (χ2v) is 2.75. The zero-order chi connectivity index (χ0) is 9.68. The van der Waals surface area contributed by atoms with Crippen LogP contribution in [0.2, 0.25) is 0 Å². The van der Waals surface area contributed by atoms with Crippen LogP contribution in [0.5, 0.6) is 5.75 Å². The minimum atomic E-state index is -0.0499. The Labute approximate surface area is 81.4 Å². The van der Waals surface area contributed by atoms with Crippen LogP contribution < -0.4 is 10.5 Å². The monoisotopic (exact) mass is 198 g/mol. The third-order valence-electron chi connectivity index (χ3n) is 1.40. The Bertz CT molecular complexity index is 304. The van der Waals surface area contributed by atoms with Crippen LogP contribution in [-0.2, 0) is 0 Å². The molecular weight excluding hydrogens is 188 g/mol. The first-order valence-electron chi connectivity index (χ1n) is 3.73. The van der Waals surface area contributed by atoms with E-state index in [1.54, 1.807) is 12.3 Å². The average Bonchev–Trinajstić information content (AvgIpc) is 2.15. The fourth-order valence-corrected chi connectivity index (χ4v) is 1.02. The molecule has 3 N–H and O–H groups in total. The molecule has 0 aromatic carbocycles. The number of aromatic nitrogens is 1. The van der Waals surface area contributed by atoms with E-state index in [2.05, 4.69) is 4.98 Å². The number of thiocarbonyl (C=S) groups is 1. The second kappa shape index (κ2) is 4.74. The van der Waals surface area contributed by atoms with Crippen molar-refractivity contribution in [1.82, 2.24) is 4.98 Å². The van der Waals surface area contributed by atoms with Crippen molar-refractivity contribution in [2.75, 3.05) is 13.2 Å². The number of aliphatic hydroxyl groups is 1. The lowest BCUT2D eigenvalue weighted by Gasteiger charge is -2.07. The summed E-state index contributed by atoms with van der Waals surface area (Å²) in [6.45, 7) is 0.160. The summed E-state index contributed by atoms with van der Waals surface area (Å²) in [7, 11) is 0. The fourth-order valence-electron chi connectivity index (χ4n) is 0.854. The normalized spacial score (nSPS) is 9.62. The van der Waals surface area contributed by atoms with Crippen molar-refractivity contribution in [3.8, 4) is 5.75 Å². The summed E-state index contributed by atoms with van der Waals surface area (Å²) in [5.41, 5.74) is 6.08. The molecule has 0 amide bonds. The van der Waals surface area contributed by atoms with Crippen LogP contribution in [0.1, 0.15) is 5.56 Å². The lowest BCUT2D eigenvalue weighted by Crippen LogP contribution is -2.13. The molecule has 0 radical (unpaired) electrons. The standard InChI is InChI=1S/C8H10N2O2S/c9-8(13)6-1-2-10-5-7(6)12-4-3-11/h1-2,5,11H,3-4H2,(H2,9,13). The minimum absolute atomic E-state index is 0.0499. The smallest absolute Gasteiger partial charge is 0.147 e. The number of nitrogens with two attached hydrogens (primary N) is 1. The van der Waals surface area contributed by atoms with Gasteiger partial charge in [0.25, 0.3) is 0 Å². The Kier molecular flexibility index (Phi) is 3.60. The molecule has 1 rings (SSSR count). The molecular formula is C8H10N2O2S. The lowest BCUT2D eigenvalue weighted by atomic mass is 10.2. The molecule has 0 spiro atoms. The van der Waals surface area contributed by atoms with E-state index in [4.69, 9.17) is 27.8 Å². The fraction of sp³-hybridized carbons (Fsp3) is 0.250. The Balaban J connectivity index is 2.84. The highest BCUT2D eigenvalue weighted by atomic mass is 32.1. The van der Waals surface area contributed by atoms with E-state index >= 15 is 0 Å². The van der Waals surface area contributed by atoms with Gasteiger partial charge >= 0.3 is 0 Å². The van der Waals surface area contributed by atoms with E-state index in [1.807, 2.05) is 0 Å². The maximum absolute atomic E-state index is 8.55. The topological polar surface area (TPSA) is 68.4 Å². The van der Waals surface area contributed by atoms with Gasteiger partial charge in [-0.25, -0.2) is 0 Å². The maximum atomic E-state index is 8.55. The summed E-state index contributed by atoms with van der Waals surface area (Å²) < 4.78 is 5.17. The number of rotatable bonds is 4. The first-order chi connectivity index (χ1) is 6.25. The quantitative estimate of drug-likeness (QED) is 0.671. The van der Waals surface area contributed by atoms with Crippen molar-refractivity contribution in [2.24, 2.45) is 5.73 Å². The maximum Gasteiger partial charge on any atom is 0.147 e. The predicted molar refractivity (Wildman–Crippen MR) is 52.7 cm³/mol. The van der Waals surface area contributed by atoms with Gasteiger partial charge in [0.05, 0.1) is 18.4 Å². The van der Waals surface area contributed by atoms with Crippen molar-refractivity contribution < 1.29 is 9.84 Å². The summed E-state index contributed by atoms with van der Waals surface area (Å²) in [6.07, 6.45) is 3.10. The number of hydrogen-bond donors (Lipinski definition) is 2. The lowest BCUT2D eigenvalue weighted by molar-refractivity contribution is 0.201. The van der Waals surface area contributed by atoms with Gasteiger partial charge in [0.1, 0.15) is 17.3 Å². The van der Waals surface area contributed by atoms with Crippen LogP contribution in [0, 0.1) is 0 Å². The largest absolute Gasteiger partial charge is 0.489 e. The molecule has 0 saturated carbocycles. The molecule has 4 nitrogen and oxygen atoms in total. The highest BCUT2D eigenvalue weighted by Gasteiger charge is 2.04. The molecule has 1 heterocycles. The second-order valence-electron chi connectivity index (χ2n) is 2.31. The third-order valence-corrected chi connectivity index (χ3v) is 1.62. The van der Waals surface area contributed by atoms with Crippen LogP contribution >= 0.6 is 12.2 Å². The molecule has 1 aromatic rings. The molecule has 0 saturated heterocycles. The van der Waals surface area contributed by atoms with E-state index in [0.717, 1.165) is 0 Å². The summed E-state index contributed by atoms with van der Waals surface area (Å²) >= 11 is 4.81. The molecule has 0 atom stereocenters. The molecule has 0 aliphatic rings. The predicted octanol–water partition coefficient (Wildman–Crippen LogP) is 0.0869. The van der Waals surface area contributed by atoms with Gasteiger partial charge in [0.2, 0.25) is 0 Å². The molecule has 0 fully saturated rings. The minimum Gasteiger partial charge on any atom is -0.489 e. The summed E-state index contributed by atoms with van der Waals surface area (Å²) in [4.78, 5) is 4.12. The van der Waals surface area contributed by atoms with Crippen molar-refractivity contribution in [3.05, 3.63) is 24.0 Å². The number of nitrogens with zero attached hydrogens (tertiary/aromatic N) is 1. The van der Waals surface area contributed by atoms with Crippen LogP contribution in [-0.4, -0.2) is 28.3 Å². The van der Waals surface area contributed by atoms with Gasteiger partial charge in [-0.3, -0.25) is 4.98 Å². The Morgan fingerprint density at radius 2 is 2.46 bits per heavy atom. The van der Waals surface area contributed by atoms with E-state index in [1.165, 1.54) is 6.20 Å². The van der Waals surface area contributed by atoms with Gasteiger partial charge in [-0.2, -0.15) is 0 Å². The SMILES string of the molecule is NC(=S)c1ccncc1OCCO. The highest BCUT2D eigenvalue weighted by molar-refractivity contribution is 7.80. The third kappa shape index (κ3) is 2.64. The van der Waals surface area contributed by atoms with Crippen LogP contribution in [0.4, 0.5) is 0 Å². The molecule has 70 valence electrons. The van der Waals surface area contributed by atoms with Crippen molar-refractivity contribution >= 4 is 17.2 Å². The highest BCUT2D eigenvalue weighted by Crippen LogP contribution is 2.15. The van der Waals surface area contributed by atoms with Gasteiger partial charge in [-0.1, -0.05) is 12.2 Å². The average molecular weight is 198 g/mol. The number of pyridine rings is 1. The van der Waals surface area contributed by atoms with Gasteiger partial charge in [-0.15, -0.1) is 0 Å². The Morgan fingerprint density at radius 1 is 1.69 bits per heavy atom. The van der Waals surface area contributed by atoms with Crippen molar-refractivity contribution in [2.45, 2.75) is 0 Å². The van der Waals surface area contributed by atoms with Gasteiger partial charge in [0, 0.05) is 6.20 Å². The first kappa shape index (κ1) is 9.88. The first-order valence-corrected chi connectivity index (χ1v) is 4.14. The van der Waals surface area contributed by atoms with Gasteiger partial charge < -0.3 is 15.6 Å². The molecule has 1 aromatic heterocycles. The van der Waals surface area contributed by atoms with E-state index in [9.17, 15) is 0 Å². The number of ether oxygens (including phenoxy) is 1. The van der Waals surface area contributed by atoms with E-state index in [-0.39, 0.29) is 18.2 Å². The summed E-state index contributed by atoms with van der Waals surface area (Å²) in [5, 5.41) is 8.55. The summed E-state index contributed by atoms with van der Waals surface area (Å²) in [6, 6.07) is 1.68. The Morgan fingerprint density at radius 3 is 3.08 bits per heavy atom. The van der Waals surface area contributed by atoms with Gasteiger partial charge in [0.15, 0.2) is 0 Å². The molecule has 13 heavy (non-hydrogen) atoms.